The Balaban J connectivity index is 2.26. The molecule has 0 aromatic heterocycles. The molecule has 0 spiro atoms. The number of hydrogen-bond donors (Lipinski definition) is 1. The fourth-order valence-corrected chi connectivity index (χ4v) is 1.80. The lowest BCUT2D eigenvalue weighted by atomic mass is 10.1. The molecular formula is C14H18ClNO3. The second-order valence-electron chi connectivity index (χ2n) is 4.44. The first-order valence-electron chi connectivity index (χ1n) is 6.19. The van der Waals surface area contributed by atoms with Crippen molar-refractivity contribution in [2.24, 2.45) is 0 Å². The molecule has 1 rings (SSSR count). The van der Waals surface area contributed by atoms with Crippen molar-refractivity contribution in [2.75, 3.05) is 13.6 Å². The third-order valence-corrected chi connectivity index (χ3v) is 3.11. The first-order chi connectivity index (χ1) is 8.99. The van der Waals surface area contributed by atoms with E-state index in [-0.39, 0.29) is 18.9 Å². The molecule has 19 heavy (non-hydrogen) atoms. The molecule has 0 aliphatic carbocycles. The third kappa shape index (κ3) is 6.25. The van der Waals surface area contributed by atoms with Crippen LogP contribution in [0.3, 0.4) is 0 Å². The number of carboxylic acid groups (broad SMARTS) is 1. The van der Waals surface area contributed by atoms with Crippen LogP contribution < -0.4 is 0 Å². The Bertz CT molecular complexity index is 431. The predicted octanol–water partition coefficient (Wildman–Crippen LogP) is 2.60. The topological polar surface area (TPSA) is 57.6 Å². The Labute approximate surface area is 118 Å². The van der Waals surface area contributed by atoms with Gasteiger partial charge in [-0.2, -0.15) is 0 Å². The molecule has 1 N–H and O–H groups in total. The molecule has 0 aliphatic rings. The summed E-state index contributed by atoms with van der Waals surface area (Å²) in [6, 6.07) is 7.55. The molecule has 1 amide bonds. The Hall–Kier alpha value is -1.55. The molecule has 0 atom stereocenters. The summed E-state index contributed by atoms with van der Waals surface area (Å²) in [5.74, 6) is -0.906. The van der Waals surface area contributed by atoms with Crippen molar-refractivity contribution in [3.63, 3.8) is 0 Å². The molecule has 0 radical (unpaired) electrons. The van der Waals surface area contributed by atoms with Crippen molar-refractivity contribution < 1.29 is 14.7 Å². The number of hydrogen-bond acceptors (Lipinski definition) is 2. The molecule has 0 aliphatic heterocycles. The van der Waals surface area contributed by atoms with Gasteiger partial charge in [0.25, 0.3) is 0 Å². The molecule has 0 saturated carbocycles. The minimum absolute atomic E-state index is 0.0145. The summed E-state index contributed by atoms with van der Waals surface area (Å²) in [5, 5.41) is 9.24. The van der Waals surface area contributed by atoms with Crippen LogP contribution in [0.2, 0.25) is 5.02 Å². The van der Waals surface area contributed by atoms with E-state index >= 15 is 0 Å². The lowest BCUT2D eigenvalue weighted by Crippen LogP contribution is -2.28. The normalized spacial score (nSPS) is 10.2. The van der Waals surface area contributed by atoms with E-state index in [2.05, 4.69) is 0 Å². The lowest BCUT2D eigenvalue weighted by molar-refractivity contribution is -0.138. The van der Waals surface area contributed by atoms with E-state index in [4.69, 9.17) is 16.7 Å². The van der Waals surface area contributed by atoms with Crippen LogP contribution in [0.15, 0.2) is 24.3 Å². The van der Waals surface area contributed by atoms with Gasteiger partial charge in [0.1, 0.15) is 0 Å². The Morgan fingerprint density at radius 1 is 1.21 bits per heavy atom. The number of benzene rings is 1. The number of aliphatic carboxylic acids is 1. The maximum Gasteiger partial charge on any atom is 0.305 e. The summed E-state index contributed by atoms with van der Waals surface area (Å²) in [7, 11) is 1.63. The highest BCUT2D eigenvalue weighted by atomic mass is 35.5. The number of aryl methyl sites for hydroxylation is 1. The van der Waals surface area contributed by atoms with Gasteiger partial charge in [0, 0.05) is 25.0 Å². The van der Waals surface area contributed by atoms with Gasteiger partial charge >= 0.3 is 5.97 Å². The highest BCUT2D eigenvalue weighted by Gasteiger charge is 2.09. The summed E-state index contributed by atoms with van der Waals surface area (Å²) in [4.78, 5) is 23.6. The van der Waals surface area contributed by atoms with E-state index in [0.29, 0.717) is 11.4 Å². The van der Waals surface area contributed by atoms with E-state index < -0.39 is 5.97 Å². The highest BCUT2D eigenvalue weighted by molar-refractivity contribution is 6.30. The summed E-state index contributed by atoms with van der Waals surface area (Å²) >= 11 is 5.79. The summed E-state index contributed by atoms with van der Waals surface area (Å²) in [6.45, 7) is 0.259. The van der Waals surface area contributed by atoms with Gasteiger partial charge < -0.3 is 10.0 Å². The van der Waals surface area contributed by atoms with E-state index in [0.717, 1.165) is 18.4 Å². The Kier molecular flexibility index (Phi) is 6.36. The molecule has 5 heteroatoms. The average molecular weight is 284 g/mol. The number of halogens is 1. The van der Waals surface area contributed by atoms with Crippen molar-refractivity contribution in [2.45, 2.75) is 25.7 Å². The Morgan fingerprint density at radius 2 is 1.84 bits per heavy atom. The molecule has 0 heterocycles. The van der Waals surface area contributed by atoms with Crippen LogP contribution in [0.1, 0.15) is 24.8 Å². The second-order valence-corrected chi connectivity index (χ2v) is 4.88. The average Bonchev–Trinajstić information content (AvgIpc) is 2.38. The van der Waals surface area contributed by atoms with Gasteiger partial charge in [0.2, 0.25) is 5.91 Å². The minimum atomic E-state index is -0.888. The molecule has 104 valence electrons. The number of carboxylic acids is 1. The van der Waals surface area contributed by atoms with Crippen molar-refractivity contribution in [1.82, 2.24) is 4.90 Å². The number of nitrogens with zero attached hydrogens (tertiary/aromatic N) is 1. The van der Waals surface area contributed by atoms with Gasteiger partial charge in [0.05, 0.1) is 6.42 Å². The minimum Gasteiger partial charge on any atom is -0.481 e. The molecule has 0 unspecified atom stereocenters. The quantitative estimate of drug-likeness (QED) is 0.837. The zero-order valence-electron chi connectivity index (χ0n) is 10.9. The zero-order valence-corrected chi connectivity index (χ0v) is 11.7. The van der Waals surface area contributed by atoms with Crippen LogP contribution in [-0.2, 0) is 16.0 Å². The first-order valence-corrected chi connectivity index (χ1v) is 6.57. The van der Waals surface area contributed by atoms with Gasteiger partial charge in [-0.3, -0.25) is 9.59 Å². The van der Waals surface area contributed by atoms with Gasteiger partial charge in [-0.05, 0) is 30.5 Å². The van der Waals surface area contributed by atoms with Crippen LogP contribution >= 0.6 is 11.6 Å². The van der Waals surface area contributed by atoms with Crippen LogP contribution in [-0.4, -0.2) is 35.5 Å². The van der Waals surface area contributed by atoms with Gasteiger partial charge in [-0.25, -0.2) is 0 Å². The standard InChI is InChI=1S/C14H18ClNO3/c1-16(10-9-14(18)19)13(17)4-2-3-11-5-7-12(15)8-6-11/h5-8H,2-4,9-10H2,1H3,(H,18,19). The van der Waals surface area contributed by atoms with Crippen LogP contribution in [0.4, 0.5) is 0 Å². The summed E-state index contributed by atoms with van der Waals surface area (Å²) < 4.78 is 0. The number of rotatable bonds is 7. The van der Waals surface area contributed by atoms with Crippen molar-refractivity contribution >= 4 is 23.5 Å². The van der Waals surface area contributed by atoms with E-state index in [1.54, 1.807) is 7.05 Å². The summed E-state index contributed by atoms with van der Waals surface area (Å²) in [6.07, 6.45) is 1.98. The van der Waals surface area contributed by atoms with Crippen LogP contribution in [0.25, 0.3) is 0 Å². The van der Waals surface area contributed by atoms with Crippen LogP contribution in [0.5, 0.6) is 0 Å². The van der Waals surface area contributed by atoms with Gasteiger partial charge in [0.15, 0.2) is 0 Å². The summed E-state index contributed by atoms with van der Waals surface area (Å²) in [5.41, 5.74) is 1.14. The molecule has 0 saturated heterocycles. The van der Waals surface area contributed by atoms with E-state index in [1.165, 1.54) is 4.90 Å². The Morgan fingerprint density at radius 3 is 2.42 bits per heavy atom. The molecular weight excluding hydrogens is 266 g/mol. The number of amides is 1. The zero-order chi connectivity index (χ0) is 14.3. The maximum absolute atomic E-state index is 11.7. The largest absolute Gasteiger partial charge is 0.481 e. The van der Waals surface area contributed by atoms with Crippen LogP contribution in [0, 0.1) is 0 Å². The van der Waals surface area contributed by atoms with E-state index in [9.17, 15) is 9.59 Å². The van der Waals surface area contributed by atoms with E-state index in [1.807, 2.05) is 24.3 Å². The van der Waals surface area contributed by atoms with Gasteiger partial charge in [-0.15, -0.1) is 0 Å². The SMILES string of the molecule is CN(CCC(=O)O)C(=O)CCCc1ccc(Cl)cc1. The number of carbonyl (C=O) groups excluding carboxylic acids is 1. The van der Waals surface area contributed by atoms with Crippen molar-refractivity contribution in [1.29, 1.82) is 0 Å². The molecule has 1 aromatic carbocycles. The maximum atomic E-state index is 11.7. The molecule has 4 nitrogen and oxygen atoms in total. The second kappa shape index (κ2) is 7.79. The highest BCUT2D eigenvalue weighted by Crippen LogP contribution is 2.12. The van der Waals surface area contributed by atoms with Crippen molar-refractivity contribution in [3.8, 4) is 0 Å². The molecule has 0 fully saturated rings. The monoisotopic (exact) mass is 283 g/mol. The fraction of sp³-hybridized carbons (Fsp3) is 0.429. The van der Waals surface area contributed by atoms with Crippen molar-refractivity contribution in [3.05, 3.63) is 34.9 Å². The van der Waals surface area contributed by atoms with Gasteiger partial charge in [-0.1, -0.05) is 23.7 Å². The lowest BCUT2D eigenvalue weighted by Gasteiger charge is -2.15. The smallest absolute Gasteiger partial charge is 0.305 e. The molecule has 1 aromatic rings. The molecule has 0 bridgehead atoms. The fourth-order valence-electron chi connectivity index (χ4n) is 1.67. The number of carbonyl (C=O) groups is 2. The predicted molar refractivity (Wildman–Crippen MR) is 74.3 cm³/mol. The third-order valence-electron chi connectivity index (χ3n) is 2.86. The first kappa shape index (κ1) is 15.5.